The smallest absolute Gasteiger partial charge is 0.147 e. The Morgan fingerprint density at radius 1 is 1.16 bits per heavy atom. The van der Waals surface area contributed by atoms with E-state index in [1.165, 1.54) is 32.1 Å². The third kappa shape index (κ3) is 4.08. The number of rotatable bonds is 6. The van der Waals surface area contributed by atoms with Gasteiger partial charge in [-0.1, -0.05) is 26.2 Å². The maximum atomic E-state index is 4.56. The zero-order chi connectivity index (χ0) is 13.5. The lowest BCUT2D eigenvalue weighted by Gasteiger charge is -2.30. The first-order chi connectivity index (χ1) is 9.33. The number of hydrogen-bond acceptors (Lipinski definition) is 4. The molecule has 1 saturated carbocycles. The van der Waals surface area contributed by atoms with Crippen molar-refractivity contribution in [3.63, 3.8) is 0 Å². The lowest BCUT2D eigenvalue weighted by atomic mass is 9.83. The summed E-state index contributed by atoms with van der Waals surface area (Å²) in [5.74, 6) is 2.55. The Labute approximate surface area is 116 Å². The first kappa shape index (κ1) is 14.1. The largest absolute Gasteiger partial charge is 0.369 e. The first-order valence-corrected chi connectivity index (χ1v) is 7.66. The molecule has 4 heteroatoms. The molecule has 19 heavy (non-hydrogen) atoms. The Kier molecular flexibility index (Phi) is 5.43. The standard InChI is InChI=1S/C15H26N4/c1-3-13(12-8-6-5-7-9-12)18-15-11-16-10-14(19-15)17-4-2/h10-13H,3-9H2,1-2H3,(H2,17,18,19). The lowest BCUT2D eigenvalue weighted by Crippen LogP contribution is -2.30. The van der Waals surface area contributed by atoms with E-state index in [1.807, 2.05) is 6.20 Å². The minimum Gasteiger partial charge on any atom is -0.369 e. The molecule has 1 aromatic heterocycles. The van der Waals surface area contributed by atoms with Crippen molar-refractivity contribution in [2.75, 3.05) is 17.2 Å². The van der Waals surface area contributed by atoms with Gasteiger partial charge in [-0.15, -0.1) is 0 Å². The molecule has 0 aliphatic heterocycles. The quantitative estimate of drug-likeness (QED) is 0.821. The average molecular weight is 262 g/mol. The van der Waals surface area contributed by atoms with Crippen LogP contribution in [0.15, 0.2) is 12.4 Å². The minimum atomic E-state index is 0.534. The molecule has 0 bridgehead atoms. The van der Waals surface area contributed by atoms with E-state index in [2.05, 4.69) is 34.4 Å². The number of hydrogen-bond donors (Lipinski definition) is 2. The fraction of sp³-hybridized carbons (Fsp3) is 0.733. The van der Waals surface area contributed by atoms with Crippen LogP contribution < -0.4 is 10.6 Å². The molecule has 0 amide bonds. The SMILES string of the molecule is CCNc1cncc(NC(CC)C2CCCCC2)n1. The zero-order valence-corrected chi connectivity index (χ0v) is 12.2. The molecule has 2 rings (SSSR count). The van der Waals surface area contributed by atoms with Crippen LogP contribution in [-0.2, 0) is 0 Å². The van der Waals surface area contributed by atoms with Crippen molar-refractivity contribution in [3.8, 4) is 0 Å². The summed E-state index contributed by atoms with van der Waals surface area (Å²) in [5, 5.41) is 6.79. The highest BCUT2D eigenvalue weighted by atomic mass is 15.1. The van der Waals surface area contributed by atoms with Gasteiger partial charge in [0.2, 0.25) is 0 Å². The van der Waals surface area contributed by atoms with Crippen LogP contribution in [0.3, 0.4) is 0 Å². The number of aromatic nitrogens is 2. The molecule has 0 aromatic carbocycles. The van der Waals surface area contributed by atoms with E-state index in [0.29, 0.717) is 6.04 Å². The van der Waals surface area contributed by atoms with Gasteiger partial charge >= 0.3 is 0 Å². The second kappa shape index (κ2) is 7.31. The first-order valence-electron chi connectivity index (χ1n) is 7.66. The molecule has 1 atom stereocenters. The third-order valence-corrected chi connectivity index (χ3v) is 3.98. The zero-order valence-electron chi connectivity index (χ0n) is 12.2. The van der Waals surface area contributed by atoms with Crippen LogP contribution >= 0.6 is 0 Å². The number of anilines is 2. The lowest BCUT2D eigenvalue weighted by molar-refractivity contribution is 0.312. The van der Waals surface area contributed by atoms with Crippen LogP contribution in [0.2, 0.25) is 0 Å². The number of nitrogens with one attached hydrogen (secondary N) is 2. The van der Waals surface area contributed by atoms with Gasteiger partial charge in [-0.05, 0) is 32.1 Å². The molecule has 1 heterocycles. The predicted octanol–water partition coefficient (Wildman–Crippen LogP) is 3.68. The monoisotopic (exact) mass is 262 g/mol. The maximum Gasteiger partial charge on any atom is 0.147 e. The molecule has 1 unspecified atom stereocenters. The Morgan fingerprint density at radius 3 is 2.58 bits per heavy atom. The summed E-state index contributed by atoms with van der Waals surface area (Å²) in [6, 6.07) is 0.534. The Morgan fingerprint density at radius 2 is 1.89 bits per heavy atom. The Hall–Kier alpha value is -1.32. The van der Waals surface area contributed by atoms with Crippen LogP contribution in [0.4, 0.5) is 11.6 Å². The molecular weight excluding hydrogens is 236 g/mol. The molecule has 1 aromatic rings. The molecular formula is C15H26N4. The van der Waals surface area contributed by atoms with Crippen LogP contribution in [-0.4, -0.2) is 22.6 Å². The van der Waals surface area contributed by atoms with Crippen molar-refractivity contribution in [2.24, 2.45) is 5.92 Å². The van der Waals surface area contributed by atoms with Crippen LogP contribution in [0.1, 0.15) is 52.4 Å². The fourth-order valence-corrected chi connectivity index (χ4v) is 2.98. The Balaban J connectivity index is 1.98. The van der Waals surface area contributed by atoms with Crippen molar-refractivity contribution >= 4 is 11.6 Å². The van der Waals surface area contributed by atoms with Crippen molar-refractivity contribution in [1.29, 1.82) is 0 Å². The van der Waals surface area contributed by atoms with Gasteiger partial charge < -0.3 is 10.6 Å². The van der Waals surface area contributed by atoms with E-state index in [0.717, 1.165) is 30.5 Å². The molecule has 4 nitrogen and oxygen atoms in total. The maximum absolute atomic E-state index is 4.56. The normalized spacial score (nSPS) is 18.0. The van der Waals surface area contributed by atoms with Crippen LogP contribution in [0, 0.1) is 5.92 Å². The van der Waals surface area contributed by atoms with Gasteiger partial charge in [0.1, 0.15) is 11.6 Å². The van der Waals surface area contributed by atoms with Gasteiger partial charge in [0.15, 0.2) is 0 Å². The minimum absolute atomic E-state index is 0.534. The predicted molar refractivity (Wildman–Crippen MR) is 80.5 cm³/mol. The Bertz CT molecular complexity index is 374. The molecule has 1 aliphatic rings. The highest BCUT2D eigenvalue weighted by molar-refractivity contribution is 5.42. The van der Waals surface area contributed by atoms with Gasteiger partial charge in [0, 0.05) is 12.6 Å². The van der Waals surface area contributed by atoms with Crippen molar-refractivity contribution < 1.29 is 0 Å². The summed E-state index contributed by atoms with van der Waals surface area (Å²) in [7, 11) is 0. The van der Waals surface area contributed by atoms with Gasteiger partial charge in [0.25, 0.3) is 0 Å². The summed E-state index contributed by atoms with van der Waals surface area (Å²) in [6.07, 6.45) is 11.6. The summed E-state index contributed by atoms with van der Waals surface area (Å²) in [4.78, 5) is 8.81. The van der Waals surface area contributed by atoms with E-state index in [9.17, 15) is 0 Å². The topological polar surface area (TPSA) is 49.8 Å². The number of nitrogens with zero attached hydrogens (tertiary/aromatic N) is 2. The molecule has 106 valence electrons. The van der Waals surface area contributed by atoms with Gasteiger partial charge in [-0.25, -0.2) is 4.98 Å². The second-order valence-electron chi connectivity index (χ2n) is 5.38. The molecule has 1 aliphatic carbocycles. The molecule has 1 fully saturated rings. The van der Waals surface area contributed by atoms with Crippen molar-refractivity contribution in [3.05, 3.63) is 12.4 Å². The summed E-state index contributed by atoms with van der Waals surface area (Å²) >= 11 is 0. The molecule has 2 N–H and O–H groups in total. The highest BCUT2D eigenvalue weighted by Gasteiger charge is 2.22. The molecule has 0 saturated heterocycles. The van der Waals surface area contributed by atoms with Crippen molar-refractivity contribution in [1.82, 2.24) is 9.97 Å². The van der Waals surface area contributed by atoms with E-state index in [4.69, 9.17) is 0 Å². The fourth-order valence-electron chi connectivity index (χ4n) is 2.98. The van der Waals surface area contributed by atoms with Crippen LogP contribution in [0.5, 0.6) is 0 Å². The van der Waals surface area contributed by atoms with Crippen molar-refractivity contribution in [2.45, 2.75) is 58.4 Å². The van der Waals surface area contributed by atoms with E-state index in [1.54, 1.807) is 6.20 Å². The second-order valence-corrected chi connectivity index (χ2v) is 5.38. The molecule has 0 spiro atoms. The molecule has 0 radical (unpaired) electrons. The van der Waals surface area contributed by atoms with E-state index in [-0.39, 0.29) is 0 Å². The summed E-state index contributed by atoms with van der Waals surface area (Å²) in [6.45, 7) is 5.20. The highest BCUT2D eigenvalue weighted by Crippen LogP contribution is 2.29. The van der Waals surface area contributed by atoms with Gasteiger partial charge in [0.05, 0.1) is 12.4 Å². The summed E-state index contributed by atoms with van der Waals surface area (Å²) < 4.78 is 0. The van der Waals surface area contributed by atoms with Gasteiger partial charge in [-0.3, -0.25) is 4.98 Å². The summed E-state index contributed by atoms with van der Waals surface area (Å²) in [5.41, 5.74) is 0. The van der Waals surface area contributed by atoms with E-state index < -0.39 is 0 Å². The van der Waals surface area contributed by atoms with E-state index >= 15 is 0 Å². The van der Waals surface area contributed by atoms with Gasteiger partial charge in [-0.2, -0.15) is 0 Å². The average Bonchev–Trinajstić information content (AvgIpc) is 2.46. The van der Waals surface area contributed by atoms with Crippen LogP contribution in [0.25, 0.3) is 0 Å². The third-order valence-electron chi connectivity index (χ3n) is 3.98.